The van der Waals surface area contributed by atoms with Gasteiger partial charge in [-0.3, -0.25) is 9.69 Å². The smallest absolute Gasteiger partial charge is 0.253 e. The molecule has 1 aromatic heterocycles. The van der Waals surface area contributed by atoms with Gasteiger partial charge in [-0.1, -0.05) is 18.2 Å². The number of aryl methyl sites for hydroxylation is 2. The molecule has 186 valence electrons. The number of aromatic amines is 1. The van der Waals surface area contributed by atoms with Crippen molar-refractivity contribution in [3.8, 4) is 5.75 Å². The Labute approximate surface area is 212 Å². The Hall–Kier alpha value is -2.94. The zero-order chi connectivity index (χ0) is 24.8. The van der Waals surface area contributed by atoms with Gasteiger partial charge in [-0.2, -0.15) is 0 Å². The van der Waals surface area contributed by atoms with Gasteiger partial charge < -0.3 is 24.7 Å². The van der Waals surface area contributed by atoms with Crippen molar-refractivity contribution in [1.82, 2.24) is 14.8 Å². The van der Waals surface area contributed by atoms with Crippen molar-refractivity contribution in [2.45, 2.75) is 26.8 Å². The summed E-state index contributed by atoms with van der Waals surface area (Å²) in [4.78, 5) is 20.6. The van der Waals surface area contributed by atoms with Crippen molar-refractivity contribution in [2.24, 2.45) is 0 Å². The number of hydrogen-bond acceptors (Lipinski definition) is 5. The van der Waals surface area contributed by atoms with E-state index in [2.05, 4.69) is 33.1 Å². The fourth-order valence-corrected chi connectivity index (χ4v) is 4.81. The first-order chi connectivity index (χ1) is 16.9. The number of H-pyrrole nitrogens is 1. The van der Waals surface area contributed by atoms with Crippen LogP contribution in [0, 0.1) is 13.8 Å². The van der Waals surface area contributed by atoms with E-state index in [0.29, 0.717) is 17.2 Å². The summed E-state index contributed by atoms with van der Waals surface area (Å²) in [7, 11) is 1.64. The van der Waals surface area contributed by atoms with Gasteiger partial charge in [0.05, 0.1) is 32.6 Å². The second-order valence-electron chi connectivity index (χ2n) is 9.03. The first-order valence-corrected chi connectivity index (χ1v) is 12.5. The lowest BCUT2D eigenvalue weighted by molar-refractivity contribution is 0.0367. The summed E-state index contributed by atoms with van der Waals surface area (Å²) in [6, 6.07) is 13.8. The number of nitrogens with zero attached hydrogens (tertiary/aromatic N) is 2. The average Bonchev–Trinajstić information content (AvgIpc) is 2.85. The number of morpholine rings is 1. The Morgan fingerprint density at radius 2 is 1.97 bits per heavy atom. The molecule has 0 saturated carbocycles. The monoisotopic (exact) mass is 494 g/mol. The van der Waals surface area contributed by atoms with E-state index in [4.69, 9.17) is 21.7 Å². The molecule has 2 N–H and O–H groups in total. The molecule has 0 aliphatic carbocycles. The Kier molecular flexibility index (Phi) is 8.38. The molecule has 2 heterocycles. The number of para-hydroxylation sites is 2. The maximum Gasteiger partial charge on any atom is 0.253 e. The maximum absolute atomic E-state index is 13.0. The number of anilines is 1. The van der Waals surface area contributed by atoms with Gasteiger partial charge in [-0.25, -0.2) is 0 Å². The molecule has 0 spiro atoms. The van der Waals surface area contributed by atoms with Crippen LogP contribution in [0.25, 0.3) is 10.9 Å². The lowest BCUT2D eigenvalue weighted by atomic mass is 10.0. The van der Waals surface area contributed by atoms with Crippen molar-refractivity contribution >= 4 is 33.9 Å². The van der Waals surface area contributed by atoms with Crippen molar-refractivity contribution < 1.29 is 9.47 Å². The quantitative estimate of drug-likeness (QED) is 0.458. The maximum atomic E-state index is 13.0. The van der Waals surface area contributed by atoms with Gasteiger partial charge in [-0.15, -0.1) is 0 Å². The second kappa shape index (κ2) is 11.7. The Morgan fingerprint density at radius 3 is 2.74 bits per heavy atom. The molecule has 7 nitrogen and oxygen atoms in total. The highest BCUT2D eigenvalue weighted by atomic mass is 32.1. The van der Waals surface area contributed by atoms with E-state index >= 15 is 0 Å². The highest BCUT2D eigenvalue weighted by molar-refractivity contribution is 7.80. The second-order valence-corrected chi connectivity index (χ2v) is 9.41. The highest BCUT2D eigenvalue weighted by Crippen LogP contribution is 2.24. The van der Waals surface area contributed by atoms with E-state index in [-0.39, 0.29) is 5.56 Å². The molecule has 1 fully saturated rings. The molecule has 2 aromatic carbocycles. The minimum absolute atomic E-state index is 0.0826. The molecule has 0 bridgehead atoms. The Bertz CT molecular complexity index is 1240. The minimum Gasteiger partial charge on any atom is -0.495 e. The van der Waals surface area contributed by atoms with Crippen LogP contribution >= 0.6 is 12.2 Å². The number of fused-ring (bicyclic) bond motifs is 1. The predicted octanol–water partition coefficient (Wildman–Crippen LogP) is 4.07. The van der Waals surface area contributed by atoms with Crippen LogP contribution in [0.5, 0.6) is 5.75 Å². The highest BCUT2D eigenvalue weighted by Gasteiger charge is 2.17. The average molecular weight is 495 g/mol. The van der Waals surface area contributed by atoms with Crippen molar-refractivity contribution in [3.63, 3.8) is 0 Å². The normalized spacial score (nSPS) is 14.1. The molecule has 0 radical (unpaired) electrons. The van der Waals surface area contributed by atoms with Crippen LogP contribution in [0.3, 0.4) is 0 Å². The fraction of sp³-hybridized carbons (Fsp3) is 0.407. The number of methoxy groups -OCH3 is 1. The van der Waals surface area contributed by atoms with Crippen molar-refractivity contribution in [1.29, 1.82) is 0 Å². The van der Waals surface area contributed by atoms with Crippen molar-refractivity contribution in [3.05, 3.63) is 69.5 Å². The van der Waals surface area contributed by atoms with Gasteiger partial charge in [0.15, 0.2) is 5.11 Å². The molecule has 4 rings (SSSR count). The topological polar surface area (TPSA) is 69.8 Å². The first-order valence-electron chi connectivity index (χ1n) is 12.1. The number of benzene rings is 2. The number of ether oxygens (including phenoxy) is 2. The Morgan fingerprint density at radius 1 is 1.20 bits per heavy atom. The van der Waals surface area contributed by atoms with Crippen LogP contribution in [0.15, 0.2) is 47.3 Å². The summed E-state index contributed by atoms with van der Waals surface area (Å²) < 4.78 is 10.9. The molecule has 8 heteroatoms. The summed E-state index contributed by atoms with van der Waals surface area (Å²) in [5.74, 6) is 0.720. The number of pyridine rings is 1. The fourth-order valence-electron chi connectivity index (χ4n) is 4.54. The third-order valence-corrected chi connectivity index (χ3v) is 6.75. The third-order valence-electron chi connectivity index (χ3n) is 6.39. The number of aromatic nitrogens is 1. The van der Waals surface area contributed by atoms with Crippen LogP contribution in [0.4, 0.5) is 5.69 Å². The van der Waals surface area contributed by atoms with Crippen molar-refractivity contribution in [2.75, 3.05) is 51.8 Å². The summed E-state index contributed by atoms with van der Waals surface area (Å²) in [6.07, 6.45) is 0.928. The molecule has 0 atom stereocenters. The summed E-state index contributed by atoms with van der Waals surface area (Å²) in [5.41, 5.74) is 4.55. The van der Waals surface area contributed by atoms with Crippen LogP contribution in [0.2, 0.25) is 0 Å². The SMILES string of the molecule is COc1ccccc1NC(=S)N(CCCN1CCOCC1)Cc1cc2c(C)cc(C)cc2[nH]c1=O. The number of rotatable bonds is 8. The predicted molar refractivity (Wildman–Crippen MR) is 146 cm³/mol. The van der Waals surface area contributed by atoms with Crippen LogP contribution < -0.4 is 15.6 Å². The van der Waals surface area contributed by atoms with Gasteiger partial charge in [-0.05, 0) is 67.9 Å². The van der Waals surface area contributed by atoms with E-state index in [1.807, 2.05) is 43.3 Å². The molecule has 1 aliphatic rings. The summed E-state index contributed by atoms with van der Waals surface area (Å²) in [6.45, 7) is 9.68. The summed E-state index contributed by atoms with van der Waals surface area (Å²) in [5, 5.41) is 4.96. The van der Waals surface area contributed by atoms with E-state index in [1.165, 1.54) is 0 Å². The molecular weight excluding hydrogens is 460 g/mol. The first kappa shape index (κ1) is 25.2. The molecule has 0 unspecified atom stereocenters. The van der Waals surface area contributed by atoms with Gasteiger partial charge in [0.1, 0.15) is 5.75 Å². The van der Waals surface area contributed by atoms with E-state index in [9.17, 15) is 4.79 Å². The van der Waals surface area contributed by atoms with Gasteiger partial charge in [0.2, 0.25) is 0 Å². The molecular formula is C27H34N4O3S. The zero-order valence-electron chi connectivity index (χ0n) is 20.7. The number of hydrogen-bond donors (Lipinski definition) is 2. The largest absolute Gasteiger partial charge is 0.495 e. The molecule has 3 aromatic rings. The van der Waals surface area contributed by atoms with E-state index in [0.717, 1.165) is 79.3 Å². The standard InChI is InChI=1S/C27H34N4O3S/c1-19-15-20(2)22-17-21(26(32)28-24(22)16-19)18-31(10-6-9-30-11-13-34-14-12-30)27(35)29-23-7-4-5-8-25(23)33-3/h4-5,7-8,15-17H,6,9-14,18H2,1-3H3,(H,28,32)(H,29,35). The Balaban J connectivity index is 1.56. The van der Waals surface area contributed by atoms with Gasteiger partial charge in [0, 0.05) is 42.6 Å². The lowest BCUT2D eigenvalue weighted by Gasteiger charge is -2.29. The lowest BCUT2D eigenvalue weighted by Crippen LogP contribution is -2.40. The zero-order valence-corrected chi connectivity index (χ0v) is 21.5. The molecule has 1 aliphatic heterocycles. The summed E-state index contributed by atoms with van der Waals surface area (Å²) >= 11 is 5.83. The third kappa shape index (κ3) is 6.39. The van der Waals surface area contributed by atoms with Gasteiger partial charge >= 0.3 is 0 Å². The molecule has 1 saturated heterocycles. The van der Waals surface area contributed by atoms with Crippen LogP contribution in [0.1, 0.15) is 23.1 Å². The number of nitrogens with one attached hydrogen (secondary N) is 2. The van der Waals surface area contributed by atoms with E-state index in [1.54, 1.807) is 7.11 Å². The van der Waals surface area contributed by atoms with Gasteiger partial charge in [0.25, 0.3) is 5.56 Å². The van der Waals surface area contributed by atoms with Crippen LogP contribution in [-0.4, -0.2) is 66.4 Å². The van der Waals surface area contributed by atoms with E-state index < -0.39 is 0 Å². The minimum atomic E-state index is -0.0826. The number of thiocarbonyl (C=S) groups is 1. The molecule has 0 amide bonds. The van der Waals surface area contributed by atoms with Crippen LogP contribution in [-0.2, 0) is 11.3 Å². The molecule has 35 heavy (non-hydrogen) atoms.